The van der Waals surface area contributed by atoms with Gasteiger partial charge in [-0.2, -0.15) is 0 Å². The summed E-state index contributed by atoms with van der Waals surface area (Å²) in [5.41, 5.74) is 8.23. The van der Waals surface area contributed by atoms with Crippen molar-refractivity contribution in [3.05, 3.63) is 29.3 Å². The van der Waals surface area contributed by atoms with Crippen molar-refractivity contribution in [3.8, 4) is 5.75 Å². The molecule has 1 aliphatic rings. The molecule has 3 heteroatoms. The van der Waals surface area contributed by atoms with E-state index in [0.717, 1.165) is 12.2 Å². The van der Waals surface area contributed by atoms with Gasteiger partial charge in [0.2, 0.25) is 0 Å². The second-order valence-electron chi connectivity index (χ2n) is 4.68. The van der Waals surface area contributed by atoms with Crippen LogP contribution in [0.2, 0.25) is 0 Å². The molecule has 17 heavy (non-hydrogen) atoms. The molecule has 0 aliphatic heterocycles. The van der Waals surface area contributed by atoms with E-state index in [0.29, 0.717) is 19.6 Å². The van der Waals surface area contributed by atoms with Crippen molar-refractivity contribution in [2.24, 2.45) is 5.73 Å². The minimum Gasteiger partial charge on any atom is -0.491 e. The first-order valence-electron chi connectivity index (χ1n) is 6.42. The fourth-order valence-electron chi connectivity index (χ4n) is 2.27. The van der Waals surface area contributed by atoms with Gasteiger partial charge in [-0.15, -0.1) is 0 Å². The van der Waals surface area contributed by atoms with E-state index in [4.69, 9.17) is 10.5 Å². The van der Waals surface area contributed by atoms with E-state index < -0.39 is 6.10 Å². The number of rotatable bonds is 5. The van der Waals surface area contributed by atoms with Crippen LogP contribution < -0.4 is 10.5 Å². The summed E-state index contributed by atoms with van der Waals surface area (Å²) >= 11 is 0. The first kappa shape index (κ1) is 12.4. The van der Waals surface area contributed by atoms with Crippen molar-refractivity contribution in [1.29, 1.82) is 0 Å². The second-order valence-corrected chi connectivity index (χ2v) is 4.68. The SMILES string of the molecule is NCCC(O)COc1ccc2c(c1)CCCC2. The van der Waals surface area contributed by atoms with E-state index in [9.17, 15) is 5.11 Å². The smallest absolute Gasteiger partial charge is 0.119 e. The number of hydrogen-bond acceptors (Lipinski definition) is 3. The highest BCUT2D eigenvalue weighted by Gasteiger charge is 2.10. The lowest BCUT2D eigenvalue weighted by molar-refractivity contribution is 0.102. The molecule has 1 atom stereocenters. The Kier molecular flexibility index (Phi) is 4.40. The van der Waals surface area contributed by atoms with E-state index in [-0.39, 0.29) is 0 Å². The van der Waals surface area contributed by atoms with Crippen LogP contribution in [-0.2, 0) is 12.8 Å². The molecule has 0 bridgehead atoms. The maximum atomic E-state index is 9.54. The lowest BCUT2D eigenvalue weighted by Gasteiger charge is -2.17. The summed E-state index contributed by atoms with van der Waals surface area (Å²) in [6, 6.07) is 6.27. The summed E-state index contributed by atoms with van der Waals surface area (Å²) in [6.07, 6.45) is 5.03. The Labute approximate surface area is 103 Å². The van der Waals surface area contributed by atoms with Gasteiger partial charge in [0.05, 0.1) is 6.10 Å². The molecule has 1 aromatic carbocycles. The largest absolute Gasteiger partial charge is 0.491 e. The molecule has 0 radical (unpaired) electrons. The van der Waals surface area contributed by atoms with Crippen LogP contribution in [0.25, 0.3) is 0 Å². The predicted octanol–water partition coefficient (Wildman–Crippen LogP) is 1.65. The lowest BCUT2D eigenvalue weighted by atomic mass is 9.92. The minimum absolute atomic E-state index is 0.329. The molecule has 0 saturated heterocycles. The molecule has 3 nitrogen and oxygen atoms in total. The third-order valence-electron chi connectivity index (χ3n) is 3.26. The van der Waals surface area contributed by atoms with E-state index in [1.54, 1.807) is 0 Å². The van der Waals surface area contributed by atoms with Crippen LogP contribution >= 0.6 is 0 Å². The zero-order valence-corrected chi connectivity index (χ0v) is 10.2. The quantitative estimate of drug-likeness (QED) is 0.816. The van der Waals surface area contributed by atoms with Crippen LogP contribution in [-0.4, -0.2) is 24.4 Å². The number of ether oxygens (including phenoxy) is 1. The Morgan fingerprint density at radius 1 is 1.24 bits per heavy atom. The van der Waals surface area contributed by atoms with Crippen LogP contribution in [0.5, 0.6) is 5.75 Å². The molecule has 1 unspecified atom stereocenters. The number of hydrogen-bond donors (Lipinski definition) is 2. The number of fused-ring (bicyclic) bond motifs is 1. The van der Waals surface area contributed by atoms with Gasteiger partial charge in [-0.05, 0) is 61.9 Å². The van der Waals surface area contributed by atoms with Crippen molar-refractivity contribution in [1.82, 2.24) is 0 Å². The summed E-state index contributed by atoms with van der Waals surface area (Å²) in [4.78, 5) is 0. The molecular weight excluding hydrogens is 214 g/mol. The molecule has 94 valence electrons. The van der Waals surface area contributed by atoms with Gasteiger partial charge in [0, 0.05) is 0 Å². The molecule has 0 heterocycles. The Morgan fingerprint density at radius 2 is 2.00 bits per heavy atom. The van der Waals surface area contributed by atoms with E-state index >= 15 is 0 Å². The molecule has 0 spiro atoms. The van der Waals surface area contributed by atoms with Crippen LogP contribution in [0.1, 0.15) is 30.4 Å². The van der Waals surface area contributed by atoms with Crippen molar-refractivity contribution in [2.45, 2.75) is 38.2 Å². The Bertz CT molecular complexity index is 365. The number of aliphatic hydroxyl groups is 1. The van der Waals surface area contributed by atoms with Crippen LogP contribution in [0.15, 0.2) is 18.2 Å². The normalized spacial score (nSPS) is 16.4. The van der Waals surface area contributed by atoms with Gasteiger partial charge >= 0.3 is 0 Å². The van der Waals surface area contributed by atoms with Gasteiger partial charge in [0.25, 0.3) is 0 Å². The molecule has 3 N–H and O–H groups in total. The number of aliphatic hydroxyl groups excluding tert-OH is 1. The molecule has 0 aromatic heterocycles. The summed E-state index contributed by atoms with van der Waals surface area (Å²) < 4.78 is 5.58. The average molecular weight is 235 g/mol. The Morgan fingerprint density at radius 3 is 2.76 bits per heavy atom. The Balaban J connectivity index is 1.93. The third kappa shape index (κ3) is 3.45. The maximum absolute atomic E-state index is 9.54. The standard InChI is InChI=1S/C14H21NO2/c15-8-7-13(16)10-17-14-6-5-11-3-1-2-4-12(11)9-14/h5-6,9,13,16H,1-4,7-8,10,15H2. The third-order valence-corrected chi connectivity index (χ3v) is 3.26. The summed E-state index contributed by atoms with van der Waals surface area (Å²) in [5.74, 6) is 0.863. The van der Waals surface area contributed by atoms with E-state index in [2.05, 4.69) is 12.1 Å². The van der Waals surface area contributed by atoms with Crippen LogP contribution in [0, 0.1) is 0 Å². The summed E-state index contributed by atoms with van der Waals surface area (Å²) in [6.45, 7) is 0.824. The minimum atomic E-state index is -0.462. The second kappa shape index (κ2) is 6.03. The van der Waals surface area contributed by atoms with E-state index in [1.807, 2.05) is 6.07 Å². The predicted molar refractivity (Wildman–Crippen MR) is 68.3 cm³/mol. The number of aryl methyl sites for hydroxylation is 2. The zero-order chi connectivity index (χ0) is 12.1. The topological polar surface area (TPSA) is 55.5 Å². The molecule has 0 amide bonds. The summed E-state index contributed by atoms with van der Waals surface area (Å²) in [7, 11) is 0. The monoisotopic (exact) mass is 235 g/mol. The molecule has 0 saturated carbocycles. The molecule has 1 aromatic rings. The van der Waals surface area contributed by atoms with Crippen molar-refractivity contribution >= 4 is 0 Å². The highest BCUT2D eigenvalue weighted by molar-refractivity contribution is 5.37. The van der Waals surface area contributed by atoms with Gasteiger partial charge in [-0.25, -0.2) is 0 Å². The van der Waals surface area contributed by atoms with Gasteiger partial charge < -0.3 is 15.6 Å². The van der Waals surface area contributed by atoms with Gasteiger partial charge in [0.1, 0.15) is 12.4 Å². The highest BCUT2D eigenvalue weighted by atomic mass is 16.5. The molecular formula is C14H21NO2. The van der Waals surface area contributed by atoms with Gasteiger partial charge in [0.15, 0.2) is 0 Å². The van der Waals surface area contributed by atoms with Gasteiger partial charge in [-0.3, -0.25) is 0 Å². The number of nitrogens with two attached hydrogens (primary N) is 1. The van der Waals surface area contributed by atoms with Gasteiger partial charge in [-0.1, -0.05) is 6.07 Å². The average Bonchev–Trinajstić information content (AvgIpc) is 2.36. The van der Waals surface area contributed by atoms with Crippen molar-refractivity contribution < 1.29 is 9.84 Å². The lowest BCUT2D eigenvalue weighted by Crippen LogP contribution is -2.21. The maximum Gasteiger partial charge on any atom is 0.119 e. The zero-order valence-electron chi connectivity index (χ0n) is 10.2. The molecule has 0 fully saturated rings. The first-order valence-corrected chi connectivity index (χ1v) is 6.42. The van der Waals surface area contributed by atoms with Crippen molar-refractivity contribution in [2.75, 3.05) is 13.2 Å². The summed E-state index contributed by atoms with van der Waals surface area (Å²) in [5, 5.41) is 9.54. The van der Waals surface area contributed by atoms with Crippen LogP contribution in [0.4, 0.5) is 0 Å². The fraction of sp³-hybridized carbons (Fsp3) is 0.571. The first-order chi connectivity index (χ1) is 8.29. The molecule has 1 aliphatic carbocycles. The fourth-order valence-corrected chi connectivity index (χ4v) is 2.27. The van der Waals surface area contributed by atoms with Crippen LogP contribution in [0.3, 0.4) is 0 Å². The van der Waals surface area contributed by atoms with Crippen molar-refractivity contribution in [3.63, 3.8) is 0 Å². The number of benzene rings is 1. The Hall–Kier alpha value is -1.06. The molecule has 2 rings (SSSR count). The van der Waals surface area contributed by atoms with E-state index in [1.165, 1.54) is 30.4 Å². The highest BCUT2D eigenvalue weighted by Crippen LogP contribution is 2.25.